The molecule has 8 heteroatoms. The van der Waals surface area contributed by atoms with E-state index >= 15 is 0 Å². The van der Waals surface area contributed by atoms with Crippen LogP contribution in [0.4, 0.5) is 5.13 Å². The lowest BCUT2D eigenvalue weighted by Crippen LogP contribution is -2.48. The summed E-state index contributed by atoms with van der Waals surface area (Å²) >= 11 is 1.64. The molecule has 1 aromatic carbocycles. The second-order valence-corrected chi connectivity index (χ2v) is 7.15. The molecule has 1 amide bonds. The molecule has 0 spiro atoms. The molecule has 0 aliphatic carbocycles. The largest absolute Gasteiger partial charge is 0.495 e. The van der Waals surface area contributed by atoms with Gasteiger partial charge in [-0.25, -0.2) is 4.98 Å². The van der Waals surface area contributed by atoms with Crippen LogP contribution in [0.3, 0.4) is 0 Å². The Hall–Kier alpha value is -2.06. The number of ether oxygens (including phenoxy) is 2. The minimum atomic E-state index is 0.112. The molecule has 142 valence electrons. The summed E-state index contributed by atoms with van der Waals surface area (Å²) in [7, 11) is 3.34. The standard InChI is InChI=1S/C18H26N4O3S/c1-4-15(23)19-7-8-21-9-11-22(12-10-21)18-20-16-13(24-2)5-6-14(25-3)17(16)26-18/h5-6H,4,7-12H2,1-3H3,(H,19,23). The SMILES string of the molecule is CCC(=O)NCCN1CCN(c2nc3c(OC)ccc(OC)c3s2)CC1. The molecule has 2 heterocycles. The van der Waals surface area contributed by atoms with Gasteiger partial charge in [-0.05, 0) is 12.1 Å². The zero-order valence-electron chi connectivity index (χ0n) is 15.6. The predicted octanol–water partition coefficient (Wildman–Crippen LogP) is 1.96. The molecule has 1 aromatic heterocycles. The summed E-state index contributed by atoms with van der Waals surface area (Å²) in [6.45, 7) is 7.25. The Morgan fingerprint density at radius 3 is 2.54 bits per heavy atom. The third-order valence-corrected chi connectivity index (χ3v) is 5.74. The van der Waals surface area contributed by atoms with Crippen molar-refractivity contribution in [2.45, 2.75) is 13.3 Å². The maximum atomic E-state index is 11.3. The Balaban J connectivity index is 1.63. The Kier molecular flexibility index (Phi) is 6.16. The van der Waals surface area contributed by atoms with E-state index in [2.05, 4.69) is 15.1 Å². The van der Waals surface area contributed by atoms with Crippen molar-refractivity contribution in [2.24, 2.45) is 0 Å². The van der Waals surface area contributed by atoms with E-state index in [4.69, 9.17) is 14.5 Å². The highest BCUT2D eigenvalue weighted by Crippen LogP contribution is 2.40. The van der Waals surface area contributed by atoms with Crippen molar-refractivity contribution in [2.75, 3.05) is 58.4 Å². The average molecular weight is 378 g/mol. The van der Waals surface area contributed by atoms with Gasteiger partial charge >= 0.3 is 0 Å². The third-order valence-electron chi connectivity index (χ3n) is 4.61. The zero-order chi connectivity index (χ0) is 18.5. The molecular formula is C18H26N4O3S. The first-order valence-electron chi connectivity index (χ1n) is 8.91. The van der Waals surface area contributed by atoms with Crippen LogP contribution in [0.15, 0.2) is 12.1 Å². The van der Waals surface area contributed by atoms with Crippen molar-refractivity contribution >= 4 is 32.6 Å². The number of fused-ring (bicyclic) bond motifs is 1. The van der Waals surface area contributed by atoms with Gasteiger partial charge in [-0.3, -0.25) is 9.69 Å². The number of aromatic nitrogens is 1. The summed E-state index contributed by atoms with van der Waals surface area (Å²) in [5.41, 5.74) is 0.858. The number of anilines is 1. The van der Waals surface area contributed by atoms with Crippen LogP contribution in [0.1, 0.15) is 13.3 Å². The number of piperazine rings is 1. The van der Waals surface area contributed by atoms with Gasteiger partial charge in [0.2, 0.25) is 5.91 Å². The lowest BCUT2D eigenvalue weighted by atomic mass is 10.3. The molecule has 1 N–H and O–H groups in total. The second-order valence-electron chi connectivity index (χ2n) is 6.18. The average Bonchev–Trinajstić information content (AvgIpc) is 3.13. The molecule has 0 radical (unpaired) electrons. The number of methoxy groups -OCH3 is 2. The van der Waals surface area contributed by atoms with Gasteiger partial charge in [0.25, 0.3) is 0 Å². The van der Waals surface area contributed by atoms with Crippen LogP contribution in [-0.2, 0) is 4.79 Å². The number of amides is 1. The first kappa shape index (κ1) is 18.7. The van der Waals surface area contributed by atoms with Crippen LogP contribution in [0, 0.1) is 0 Å². The summed E-state index contributed by atoms with van der Waals surface area (Å²) in [6, 6.07) is 3.82. The molecule has 2 aromatic rings. The van der Waals surface area contributed by atoms with Gasteiger partial charge in [-0.2, -0.15) is 0 Å². The normalized spacial score (nSPS) is 15.3. The molecule has 1 aliphatic heterocycles. The molecule has 7 nitrogen and oxygen atoms in total. The zero-order valence-corrected chi connectivity index (χ0v) is 16.4. The Morgan fingerprint density at radius 1 is 1.19 bits per heavy atom. The van der Waals surface area contributed by atoms with E-state index in [1.807, 2.05) is 19.1 Å². The topological polar surface area (TPSA) is 66.9 Å². The molecule has 3 rings (SSSR count). The molecule has 0 atom stereocenters. The van der Waals surface area contributed by atoms with E-state index in [9.17, 15) is 4.79 Å². The van der Waals surface area contributed by atoms with Crippen molar-refractivity contribution in [1.82, 2.24) is 15.2 Å². The van der Waals surface area contributed by atoms with Crippen LogP contribution in [-0.4, -0.2) is 69.3 Å². The maximum absolute atomic E-state index is 11.3. The summed E-state index contributed by atoms with van der Waals surface area (Å²) in [5.74, 6) is 1.71. The van der Waals surface area contributed by atoms with Crippen LogP contribution in [0.2, 0.25) is 0 Å². The summed E-state index contributed by atoms with van der Waals surface area (Å²) in [4.78, 5) is 20.8. The molecule has 1 saturated heterocycles. The number of carbonyl (C=O) groups excluding carboxylic acids is 1. The smallest absolute Gasteiger partial charge is 0.219 e. The van der Waals surface area contributed by atoms with E-state index in [0.29, 0.717) is 13.0 Å². The van der Waals surface area contributed by atoms with Gasteiger partial charge in [0.1, 0.15) is 21.7 Å². The highest BCUT2D eigenvalue weighted by Gasteiger charge is 2.22. The van der Waals surface area contributed by atoms with Crippen molar-refractivity contribution in [3.63, 3.8) is 0 Å². The lowest BCUT2D eigenvalue weighted by molar-refractivity contribution is -0.120. The van der Waals surface area contributed by atoms with Crippen molar-refractivity contribution in [1.29, 1.82) is 0 Å². The monoisotopic (exact) mass is 378 g/mol. The molecule has 1 aliphatic rings. The van der Waals surface area contributed by atoms with Crippen LogP contribution >= 0.6 is 11.3 Å². The number of benzene rings is 1. The number of thiazole rings is 1. The fourth-order valence-corrected chi connectivity index (χ4v) is 4.18. The van der Waals surface area contributed by atoms with E-state index in [-0.39, 0.29) is 5.91 Å². The molecule has 0 bridgehead atoms. The predicted molar refractivity (Wildman–Crippen MR) is 105 cm³/mol. The van der Waals surface area contributed by atoms with E-state index in [0.717, 1.165) is 59.6 Å². The van der Waals surface area contributed by atoms with E-state index in [1.54, 1.807) is 25.6 Å². The van der Waals surface area contributed by atoms with Crippen molar-refractivity contribution < 1.29 is 14.3 Å². The highest BCUT2D eigenvalue weighted by atomic mass is 32.1. The van der Waals surface area contributed by atoms with Crippen molar-refractivity contribution in [3.05, 3.63) is 12.1 Å². The van der Waals surface area contributed by atoms with Crippen LogP contribution in [0.5, 0.6) is 11.5 Å². The number of nitrogens with one attached hydrogen (secondary N) is 1. The van der Waals surface area contributed by atoms with E-state index in [1.165, 1.54) is 0 Å². The molecule has 0 unspecified atom stereocenters. The fraction of sp³-hybridized carbons (Fsp3) is 0.556. The quantitative estimate of drug-likeness (QED) is 0.795. The Bertz CT molecular complexity index is 715. The van der Waals surface area contributed by atoms with Crippen LogP contribution in [0.25, 0.3) is 10.2 Å². The van der Waals surface area contributed by atoms with Crippen molar-refractivity contribution in [3.8, 4) is 11.5 Å². The Labute approximate surface area is 157 Å². The lowest BCUT2D eigenvalue weighted by Gasteiger charge is -2.34. The number of rotatable bonds is 7. The number of nitrogens with zero attached hydrogens (tertiary/aromatic N) is 3. The molecular weight excluding hydrogens is 352 g/mol. The summed E-state index contributed by atoms with van der Waals surface area (Å²) in [6.07, 6.45) is 0.540. The molecule has 0 saturated carbocycles. The number of hydrogen-bond acceptors (Lipinski definition) is 7. The highest BCUT2D eigenvalue weighted by molar-refractivity contribution is 7.22. The van der Waals surface area contributed by atoms with Gasteiger partial charge in [0.15, 0.2) is 5.13 Å². The van der Waals surface area contributed by atoms with Gasteiger partial charge < -0.3 is 19.7 Å². The first-order chi connectivity index (χ1) is 12.7. The minimum Gasteiger partial charge on any atom is -0.495 e. The Morgan fingerprint density at radius 2 is 1.88 bits per heavy atom. The van der Waals surface area contributed by atoms with Gasteiger partial charge in [0.05, 0.1) is 14.2 Å². The number of hydrogen-bond donors (Lipinski definition) is 1. The maximum Gasteiger partial charge on any atom is 0.219 e. The third kappa shape index (κ3) is 4.02. The van der Waals surface area contributed by atoms with Gasteiger partial charge in [0, 0.05) is 45.7 Å². The fourth-order valence-electron chi connectivity index (χ4n) is 3.05. The molecule has 26 heavy (non-hydrogen) atoms. The number of carbonyl (C=O) groups is 1. The summed E-state index contributed by atoms with van der Waals surface area (Å²) in [5, 5.41) is 3.93. The van der Waals surface area contributed by atoms with Gasteiger partial charge in [-0.1, -0.05) is 18.3 Å². The van der Waals surface area contributed by atoms with Crippen LogP contribution < -0.4 is 19.7 Å². The second kappa shape index (κ2) is 8.55. The van der Waals surface area contributed by atoms with E-state index < -0.39 is 0 Å². The molecule has 1 fully saturated rings. The summed E-state index contributed by atoms with van der Waals surface area (Å²) < 4.78 is 11.9. The first-order valence-corrected chi connectivity index (χ1v) is 9.73. The minimum absolute atomic E-state index is 0.112. The van der Waals surface area contributed by atoms with Gasteiger partial charge in [-0.15, -0.1) is 0 Å².